The van der Waals surface area contributed by atoms with Crippen LogP contribution in [0, 0.1) is 28.6 Å². The van der Waals surface area contributed by atoms with Crippen molar-refractivity contribution in [3.05, 3.63) is 34.4 Å². The third-order valence-corrected chi connectivity index (χ3v) is 9.08. The van der Waals surface area contributed by atoms with Crippen LogP contribution in [-0.2, 0) is 0 Å². The van der Waals surface area contributed by atoms with Crippen molar-refractivity contribution < 1.29 is 5.11 Å². The zero-order chi connectivity index (χ0) is 20.1. The lowest BCUT2D eigenvalue weighted by molar-refractivity contribution is 0.114. The third-order valence-electron chi connectivity index (χ3n) is 9.08. The molecule has 156 valence electrons. The summed E-state index contributed by atoms with van der Waals surface area (Å²) in [5.74, 6) is 2.49. The van der Waals surface area contributed by atoms with Crippen LogP contribution in [0.1, 0.15) is 98.8 Å². The number of aliphatic hydroxyl groups excluding tert-OH is 1. The van der Waals surface area contributed by atoms with Gasteiger partial charge in [0, 0.05) is 5.41 Å². The summed E-state index contributed by atoms with van der Waals surface area (Å²) in [6.07, 6.45) is 17.2. The molecule has 4 aliphatic carbocycles. The molecule has 0 radical (unpaired) electrons. The molecule has 0 aliphatic heterocycles. The summed E-state index contributed by atoms with van der Waals surface area (Å²) in [5, 5.41) is 10.2. The van der Waals surface area contributed by atoms with Crippen LogP contribution in [0.5, 0.6) is 0 Å². The molecule has 0 saturated heterocycles. The van der Waals surface area contributed by atoms with Crippen LogP contribution in [0.25, 0.3) is 0 Å². The predicted molar refractivity (Wildman–Crippen MR) is 119 cm³/mol. The highest BCUT2D eigenvalue weighted by Crippen LogP contribution is 2.63. The van der Waals surface area contributed by atoms with Crippen molar-refractivity contribution in [2.75, 3.05) is 0 Å². The minimum Gasteiger partial charge on any atom is -0.393 e. The number of rotatable bonds is 5. The molecular formula is C27H42O. The Labute approximate surface area is 173 Å². The highest BCUT2D eigenvalue weighted by atomic mass is 16.3. The standard InChI is InChI=1S/C27H42O/c1-18(2)7-6-8-19(3)23-11-12-24-22-10-9-20-17-21(28)13-15-26(20,4)25(22)14-16-27(23,24)5/h9,12,18-19,21,23,28H,6-8,10-11,13-17H2,1-5H3/t19-,21?,23-,26+,27-/m1/s1. The molecule has 4 aliphatic rings. The van der Waals surface area contributed by atoms with E-state index in [0.29, 0.717) is 5.41 Å². The highest BCUT2D eigenvalue weighted by Gasteiger charge is 2.51. The number of hydrogen-bond acceptors (Lipinski definition) is 1. The molecule has 0 aromatic heterocycles. The fraction of sp³-hybridized carbons (Fsp3) is 0.778. The Morgan fingerprint density at radius 3 is 2.64 bits per heavy atom. The van der Waals surface area contributed by atoms with Crippen molar-refractivity contribution in [2.24, 2.45) is 28.6 Å². The van der Waals surface area contributed by atoms with Gasteiger partial charge in [-0.2, -0.15) is 0 Å². The molecule has 1 unspecified atom stereocenters. The lowest BCUT2D eigenvalue weighted by atomic mass is 9.54. The van der Waals surface area contributed by atoms with Crippen molar-refractivity contribution in [2.45, 2.75) is 105 Å². The second-order valence-corrected chi connectivity index (χ2v) is 11.3. The van der Waals surface area contributed by atoms with Gasteiger partial charge in [0.1, 0.15) is 0 Å². The van der Waals surface area contributed by atoms with E-state index < -0.39 is 0 Å². The summed E-state index contributed by atoms with van der Waals surface area (Å²) in [7, 11) is 0. The Morgan fingerprint density at radius 2 is 1.89 bits per heavy atom. The monoisotopic (exact) mass is 382 g/mol. The predicted octanol–water partition coefficient (Wildman–Crippen LogP) is 7.37. The van der Waals surface area contributed by atoms with Gasteiger partial charge in [-0.1, -0.05) is 77.2 Å². The van der Waals surface area contributed by atoms with Gasteiger partial charge >= 0.3 is 0 Å². The zero-order valence-corrected chi connectivity index (χ0v) is 19.0. The van der Waals surface area contributed by atoms with Crippen molar-refractivity contribution in [1.82, 2.24) is 0 Å². The van der Waals surface area contributed by atoms with E-state index in [9.17, 15) is 5.11 Å². The van der Waals surface area contributed by atoms with Gasteiger partial charge in [0.15, 0.2) is 0 Å². The Kier molecular flexibility index (Phi) is 5.45. The molecule has 0 heterocycles. The largest absolute Gasteiger partial charge is 0.393 e. The molecule has 4 rings (SSSR count). The minimum absolute atomic E-state index is 0.114. The number of hydrogen-bond donors (Lipinski definition) is 1. The van der Waals surface area contributed by atoms with Crippen molar-refractivity contribution in [3.8, 4) is 0 Å². The van der Waals surface area contributed by atoms with E-state index in [-0.39, 0.29) is 11.5 Å². The molecule has 1 saturated carbocycles. The first-order chi connectivity index (χ1) is 13.3. The average Bonchev–Trinajstić information content (AvgIpc) is 2.99. The molecule has 1 nitrogen and oxygen atoms in total. The summed E-state index contributed by atoms with van der Waals surface area (Å²) < 4.78 is 0. The second kappa shape index (κ2) is 7.46. The first-order valence-corrected chi connectivity index (χ1v) is 12.1. The Bertz CT molecular complexity index is 708. The van der Waals surface area contributed by atoms with Crippen molar-refractivity contribution in [3.63, 3.8) is 0 Å². The summed E-state index contributed by atoms with van der Waals surface area (Å²) in [5.41, 5.74) is 7.33. The maximum Gasteiger partial charge on any atom is 0.0578 e. The van der Waals surface area contributed by atoms with E-state index in [4.69, 9.17) is 0 Å². The second-order valence-electron chi connectivity index (χ2n) is 11.3. The number of fused-ring (bicyclic) bond motifs is 4. The molecule has 0 aromatic carbocycles. The van der Waals surface area contributed by atoms with Gasteiger partial charge in [-0.05, 0) is 79.3 Å². The quantitative estimate of drug-likeness (QED) is 0.492. The maximum atomic E-state index is 10.2. The fourth-order valence-corrected chi connectivity index (χ4v) is 7.25. The van der Waals surface area contributed by atoms with Crippen LogP contribution in [0.4, 0.5) is 0 Å². The zero-order valence-electron chi connectivity index (χ0n) is 19.0. The average molecular weight is 383 g/mol. The van der Waals surface area contributed by atoms with Crippen LogP contribution in [0.2, 0.25) is 0 Å². The molecule has 0 bridgehead atoms. The Hall–Kier alpha value is -0.820. The Morgan fingerprint density at radius 1 is 1.11 bits per heavy atom. The van der Waals surface area contributed by atoms with Crippen LogP contribution in [-0.4, -0.2) is 11.2 Å². The van der Waals surface area contributed by atoms with Gasteiger partial charge < -0.3 is 5.11 Å². The van der Waals surface area contributed by atoms with E-state index in [1.165, 1.54) is 44.1 Å². The van der Waals surface area contributed by atoms with E-state index >= 15 is 0 Å². The summed E-state index contributed by atoms with van der Waals surface area (Å²) >= 11 is 0. The van der Waals surface area contributed by atoms with Crippen LogP contribution in [0.15, 0.2) is 34.4 Å². The van der Waals surface area contributed by atoms with Gasteiger partial charge in [0.2, 0.25) is 0 Å². The van der Waals surface area contributed by atoms with Gasteiger partial charge in [0.05, 0.1) is 6.10 Å². The molecule has 0 spiro atoms. The topological polar surface area (TPSA) is 20.2 Å². The third kappa shape index (κ3) is 3.26. The van der Waals surface area contributed by atoms with E-state index in [1.54, 1.807) is 16.7 Å². The van der Waals surface area contributed by atoms with Gasteiger partial charge in [-0.25, -0.2) is 0 Å². The molecular weight excluding hydrogens is 340 g/mol. The number of aliphatic hydroxyl groups is 1. The van der Waals surface area contributed by atoms with Crippen LogP contribution in [0.3, 0.4) is 0 Å². The molecule has 1 fully saturated rings. The first kappa shape index (κ1) is 20.5. The summed E-state index contributed by atoms with van der Waals surface area (Å²) in [6.45, 7) is 12.3. The van der Waals surface area contributed by atoms with Crippen LogP contribution < -0.4 is 0 Å². The summed E-state index contributed by atoms with van der Waals surface area (Å²) in [6, 6.07) is 0. The summed E-state index contributed by atoms with van der Waals surface area (Å²) in [4.78, 5) is 0. The molecule has 1 heteroatoms. The molecule has 0 aromatic rings. The van der Waals surface area contributed by atoms with E-state index in [0.717, 1.165) is 43.4 Å². The lowest BCUT2D eigenvalue weighted by Gasteiger charge is -2.50. The smallest absolute Gasteiger partial charge is 0.0578 e. The highest BCUT2D eigenvalue weighted by molar-refractivity contribution is 5.53. The molecule has 28 heavy (non-hydrogen) atoms. The lowest BCUT2D eigenvalue weighted by Crippen LogP contribution is -2.39. The Balaban J connectivity index is 1.54. The van der Waals surface area contributed by atoms with Crippen LogP contribution >= 0.6 is 0 Å². The van der Waals surface area contributed by atoms with Crippen molar-refractivity contribution in [1.29, 1.82) is 0 Å². The molecule has 5 atom stereocenters. The van der Waals surface area contributed by atoms with Crippen molar-refractivity contribution >= 4 is 0 Å². The van der Waals surface area contributed by atoms with E-state index in [2.05, 4.69) is 46.8 Å². The molecule has 1 N–H and O–H groups in total. The van der Waals surface area contributed by atoms with E-state index in [1.807, 2.05) is 0 Å². The van der Waals surface area contributed by atoms with Gasteiger partial charge in [-0.3, -0.25) is 0 Å². The first-order valence-electron chi connectivity index (χ1n) is 12.1. The number of allylic oxidation sites excluding steroid dienone is 5. The molecule has 0 amide bonds. The minimum atomic E-state index is -0.114. The van der Waals surface area contributed by atoms with Gasteiger partial charge in [0.25, 0.3) is 0 Å². The fourth-order valence-electron chi connectivity index (χ4n) is 7.25. The van der Waals surface area contributed by atoms with Gasteiger partial charge in [-0.15, -0.1) is 0 Å². The SMILES string of the molecule is CC(C)CCC[C@@H](C)[C@H]1CC=C2C3=C(CC[C@@]21C)[C@@]1(C)CCC(O)CC1=CC3. The maximum absolute atomic E-state index is 10.2. The normalized spacial score (nSPS) is 38.5.